The molecule has 370 valence electrons. The molecule has 0 aliphatic carbocycles. The van der Waals surface area contributed by atoms with E-state index in [0.29, 0.717) is 40.3 Å². The zero-order chi connectivity index (χ0) is 49.1. The highest BCUT2D eigenvalue weighted by atomic mass is 16.2. The summed E-state index contributed by atoms with van der Waals surface area (Å²) in [5.41, 5.74) is 6.21. The number of benzene rings is 2. The highest BCUT2D eigenvalue weighted by Gasteiger charge is 2.45. The van der Waals surface area contributed by atoms with E-state index in [1.807, 2.05) is 62.3 Å². The fourth-order valence-corrected chi connectivity index (χ4v) is 11.4. The largest absolute Gasteiger partial charge is 0.369 e. The summed E-state index contributed by atoms with van der Waals surface area (Å²) < 4.78 is 1.65. The van der Waals surface area contributed by atoms with Gasteiger partial charge < -0.3 is 24.9 Å². The first-order chi connectivity index (χ1) is 34.4. The number of nitrogens with one attached hydrogen (secondary N) is 3. The normalized spacial score (nSPS) is 23.0. The van der Waals surface area contributed by atoms with Gasteiger partial charge in [-0.1, -0.05) is 5.10 Å². The van der Waals surface area contributed by atoms with Crippen molar-refractivity contribution in [3.63, 3.8) is 0 Å². The molecule has 4 saturated heterocycles. The summed E-state index contributed by atoms with van der Waals surface area (Å²) in [5.74, 6) is 0.0412. The van der Waals surface area contributed by atoms with E-state index < -0.39 is 23.8 Å². The highest BCUT2D eigenvalue weighted by molar-refractivity contribution is 6.23. The lowest BCUT2D eigenvalue weighted by Crippen LogP contribution is -2.54. The molecule has 9 heterocycles. The van der Waals surface area contributed by atoms with Gasteiger partial charge in [0.1, 0.15) is 17.6 Å². The van der Waals surface area contributed by atoms with Crippen LogP contribution in [0, 0.1) is 5.92 Å². The van der Waals surface area contributed by atoms with E-state index in [4.69, 9.17) is 10.1 Å². The SMILES string of the molecule is CC1=C(C(=O)Nc2ccc3[nH]nc(-c4ccnc(N5CCN(CCN6CCC(CN7CCN(c8ccc9c(c8)C(=O)N(C8CCC(=O)NC8=O)C9=O)CC7)CC6)[C@@H](C)C5)c4)c3c2)[C@H](C)n2nnnc2N1C. The second kappa shape index (κ2) is 18.9. The molecule has 5 aromatic rings. The lowest BCUT2D eigenvalue weighted by atomic mass is 9.96. The maximum atomic E-state index is 13.7. The van der Waals surface area contributed by atoms with E-state index in [1.54, 1.807) is 16.8 Å². The molecule has 1 unspecified atom stereocenters. The first kappa shape index (κ1) is 46.3. The molecular formula is C50H60N16O5. The number of aromatic amines is 1. The number of likely N-dealkylation sites (tertiary alicyclic amines) is 1. The second-order valence-corrected chi connectivity index (χ2v) is 19.9. The molecule has 0 bridgehead atoms. The van der Waals surface area contributed by atoms with Crippen LogP contribution in [-0.4, -0.2) is 182 Å². The van der Waals surface area contributed by atoms with Gasteiger partial charge in [-0.2, -0.15) is 5.10 Å². The molecule has 0 radical (unpaired) electrons. The summed E-state index contributed by atoms with van der Waals surface area (Å²) in [6.07, 6.45) is 4.48. The number of tetrazole rings is 1. The third-order valence-corrected chi connectivity index (χ3v) is 15.7. The van der Waals surface area contributed by atoms with Gasteiger partial charge in [0, 0.05) is 119 Å². The zero-order valence-electron chi connectivity index (χ0n) is 40.7. The van der Waals surface area contributed by atoms with Crippen molar-refractivity contribution in [2.75, 3.05) is 106 Å². The topological polar surface area (TPSA) is 217 Å². The van der Waals surface area contributed by atoms with Crippen LogP contribution in [0.1, 0.15) is 73.2 Å². The van der Waals surface area contributed by atoms with Gasteiger partial charge in [0.25, 0.3) is 17.7 Å². The van der Waals surface area contributed by atoms with Crippen LogP contribution in [0.3, 0.4) is 0 Å². The van der Waals surface area contributed by atoms with Gasteiger partial charge in [-0.05, 0) is 118 Å². The van der Waals surface area contributed by atoms with Gasteiger partial charge in [0.2, 0.25) is 17.8 Å². The average Bonchev–Trinajstić information content (AvgIpc) is 4.10. The smallest absolute Gasteiger partial charge is 0.262 e. The fraction of sp³-hybridized carbons (Fsp3) is 0.480. The quantitative estimate of drug-likeness (QED) is 0.162. The molecule has 4 fully saturated rings. The van der Waals surface area contributed by atoms with E-state index >= 15 is 0 Å². The Hall–Kier alpha value is -7.10. The average molecular weight is 965 g/mol. The van der Waals surface area contributed by atoms with Crippen molar-refractivity contribution in [1.29, 1.82) is 0 Å². The molecule has 11 rings (SSSR count). The molecule has 5 amide bonds. The fourth-order valence-electron chi connectivity index (χ4n) is 11.4. The molecule has 71 heavy (non-hydrogen) atoms. The summed E-state index contributed by atoms with van der Waals surface area (Å²) in [5, 5.41) is 26.2. The first-order valence-electron chi connectivity index (χ1n) is 24.9. The molecule has 3 aromatic heterocycles. The maximum Gasteiger partial charge on any atom is 0.262 e. The van der Waals surface area contributed by atoms with Crippen LogP contribution in [0.4, 0.5) is 23.1 Å². The number of H-pyrrole nitrogens is 1. The Bertz CT molecular complexity index is 2950. The number of hydrogen-bond donors (Lipinski definition) is 3. The van der Waals surface area contributed by atoms with E-state index in [9.17, 15) is 24.0 Å². The van der Waals surface area contributed by atoms with Crippen LogP contribution in [0.15, 0.2) is 66.0 Å². The third-order valence-electron chi connectivity index (χ3n) is 15.7. The minimum absolute atomic E-state index is 0.0980. The molecular weight excluding hydrogens is 905 g/mol. The number of carbonyl (C=O) groups is 5. The summed E-state index contributed by atoms with van der Waals surface area (Å²) in [7, 11) is 1.85. The summed E-state index contributed by atoms with van der Waals surface area (Å²) in [4.78, 5) is 84.6. The Labute approximate surface area is 411 Å². The number of allylic oxidation sites excluding steroid dienone is 1. The molecule has 0 spiro atoms. The Kier molecular flexibility index (Phi) is 12.3. The van der Waals surface area contributed by atoms with Gasteiger partial charge in [-0.15, -0.1) is 0 Å². The molecule has 0 saturated carbocycles. The van der Waals surface area contributed by atoms with E-state index in [-0.39, 0.29) is 30.7 Å². The van der Waals surface area contributed by atoms with Gasteiger partial charge in [0.05, 0.1) is 28.3 Å². The van der Waals surface area contributed by atoms with Crippen molar-refractivity contribution in [2.24, 2.45) is 5.92 Å². The summed E-state index contributed by atoms with van der Waals surface area (Å²) >= 11 is 0. The van der Waals surface area contributed by atoms with Gasteiger partial charge in [-0.25, -0.2) is 9.67 Å². The Balaban J connectivity index is 0.629. The van der Waals surface area contributed by atoms with Crippen LogP contribution in [0.25, 0.3) is 22.2 Å². The molecule has 21 heteroatoms. The van der Waals surface area contributed by atoms with Crippen molar-refractivity contribution in [1.82, 2.24) is 60.3 Å². The first-order valence-corrected chi connectivity index (χ1v) is 24.9. The van der Waals surface area contributed by atoms with Crippen LogP contribution in [0.5, 0.6) is 0 Å². The highest BCUT2D eigenvalue weighted by Crippen LogP contribution is 2.35. The van der Waals surface area contributed by atoms with Crippen molar-refractivity contribution in [2.45, 2.75) is 64.6 Å². The number of pyridine rings is 1. The summed E-state index contributed by atoms with van der Waals surface area (Å²) in [6, 6.07) is 14.4. The minimum atomic E-state index is -0.966. The molecule has 3 atom stereocenters. The number of hydrogen-bond acceptors (Lipinski definition) is 16. The Morgan fingerprint density at radius 2 is 1.62 bits per heavy atom. The van der Waals surface area contributed by atoms with Crippen LogP contribution >= 0.6 is 0 Å². The van der Waals surface area contributed by atoms with E-state index in [0.717, 1.165) is 123 Å². The molecule has 6 aliphatic heterocycles. The predicted molar refractivity (Wildman–Crippen MR) is 266 cm³/mol. The zero-order valence-corrected chi connectivity index (χ0v) is 40.7. The molecule has 21 nitrogen and oxygen atoms in total. The van der Waals surface area contributed by atoms with Crippen molar-refractivity contribution in [3.8, 4) is 11.3 Å². The number of aromatic nitrogens is 7. The summed E-state index contributed by atoms with van der Waals surface area (Å²) in [6.45, 7) is 17.8. The number of rotatable bonds is 11. The number of piperidine rings is 2. The lowest BCUT2D eigenvalue weighted by molar-refractivity contribution is -0.136. The molecule has 2 aromatic carbocycles. The number of amides is 5. The number of anilines is 4. The van der Waals surface area contributed by atoms with Gasteiger partial charge in [-0.3, -0.25) is 49.1 Å². The number of fused-ring (bicyclic) bond motifs is 3. The standard InChI is InChI=1S/C50H60N16O5/c1-30-28-64(42-25-34(11-14-51-42)45-39-26-35(5-8-40(39)54-55-45)52-47(69)44-31(2)59(4)50-56-57-58-66(50)32(44)3)24-23-62(30)20-17-60-15-12-33(13-16-60)29-61-18-21-63(22-19-61)36-6-7-37-38(27-36)49(71)65(48(37)70)41-9-10-43(67)53-46(41)68/h5-8,11,14,25-27,30,32-33,41H,9-10,12-13,15-24,28-29H2,1-4H3,(H,52,69)(H,54,55)(H,53,67,68)/t30-,32-,41?/m0/s1. The van der Waals surface area contributed by atoms with Crippen molar-refractivity contribution in [3.05, 3.63) is 77.1 Å². The maximum absolute atomic E-state index is 13.7. The minimum Gasteiger partial charge on any atom is -0.369 e. The Morgan fingerprint density at radius 3 is 2.41 bits per heavy atom. The lowest BCUT2D eigenvalue weighted by Gasteiger charge is -2.42. The van der Waals surface area contributed by atoms with E-state index in [1.165, 1.54) is 12.8 Å². The van der Waals surface area contributed by atoms with Gasteiger partial charge in [0.15, 0.2) is 0 Å². The number of imide groups is 2. The van der Waals surface area contributed by atoms with Crippen LogP contribution < -0.4 is 25.3 Å². The number of piperazine rings is 2. The number of carbonyl (C=O) groups excluding carboxylic acids is 5. The van der Waals surface area contributed by atoms with Crippen LogP contribution in [-0.2, 0) is 14.4 Å². The number of nitrogens with zero attached hydrogens (tertiary/aromatic N) is 13. The predicted octanol–water partition coefficient (Wildman–Crippen LogP) is 2.98. The monoisotopic (exact) mass is 964 g/mol. The van der Waals surface area contributed by atoms with E-state index in [2.05, 4.69) is 68.7 Å². The molecule has 6 aliphatic rings. The molecule has 3 N–H and O–H groups in total. The Morgan fingerprint density at radius 1 is 0.831 bits per heavy atom. The van der Waals surface area contributed by atoms with Gasteiger partial charge >= 0.3 is 0 Å². The van der Waals surface area contributed by atoms with Crippen molar-refractivity contribution < 1.29 is 24.0 Å². The van der Waals surface area contributed by atoms with Crippen molar-refractivity contribution >= 4 is 63.6 Å². The second-order valence-electron chi connectivity index (χ2n) is 19.9. The van der Waals surface area contributed by atoms with Crippen LogP contribution in [0.2, 0.25) is 0 Å². The third kappa shape index (κ3) is 8.79.